The number of benzene rings is 1. The maximum atomic E-state index is 10.4. The summed E-state index contributed by atoms with van der Waals surface area (Å²) >= 11 is 0. The van der Waals surface area contributed by atoms with Crippen molar-refractivity contribution < 1.29 is 19.0 Å². The molecular weight excluding hydrogens is 220 g/mol. The van der Waals surface area contributed by atoms with Gasteiger partial charge in [-0.15, -0.1) is 0 Å². The van der Waals surface area contributed by atoms with Crippen molar-refractivity contribution in [1.29, 1.82) is 0 Å². The third-order valence-electron chi connectivity index (χ3n) is 2.51. The van der Waals surface area contributed by atoms with Crippen molar-refractivity contribution in [2.24, 2.45) is 0 Å². The Hall–Kier alpha value is -1.55. The van der Waals surface area contributed by atoms with Crippen molar-refractivity contribution >= 4 is 6.29 Å². The van der Waals surface area contributed by atoms with E-state index in [1.165, 1.54) is 0 Å². The van der Waals surface area contributed by atoms with E-state index >= 15 is 0 Å². The molecule has 0 heterocycles. The van der Waals surface area contributed by atoms with Crippen LogP contribution in [0.5, 0.6) is 11.5 Å². The molecule has 0 fully saturated rings. The highest BCUT2D eigenvalue weighted by atomic mass is 16.5. The lowest BCUT2D eigenvalue weighted by atomic mass is 10.0. The molecule has 0 aliphatic carbocycles. The second-order valence-electron chi connectivity index (χ2n) is 3.61. The number of carbonyl (C=O) groups is 1. The van der Waals surface area contributed by atoms with E-state index in [2.05, 4.69) is 0 Å². The Morgan fingerprint density at radius 3 is 2.18 bits per heavy atom. The third kappa shape index (κ3) is 3.46. The monoisotopic (exact) mass is 238 g/mol. The Morgan fingerprint density at radius 1 is 1.06 bits per heavy atom. The fourth-order valence-corrected chi connectivity index (χ4v) is 1.70. The second kappa shape index (κ2) is 6.91. The zero-order valence-electron chi connectivity index (χ0n) is 10.5. The predicted octanol–water partition coefficient (Wildman–Crippen LogP) is 1.98. The number of ether oxygens (including phenoxy) is 3. The smallest absolute Gasteiger partial charge is 0.124 e. The van der Waals surface area contributed by atoms with Crippen LogP contribution in [0.4, 0.5) is 0 Å². The van der Waals surface area contributed by atoms with Crippen molar-refractivity contribution in [3.63, 3.8) is 0 Å². The molecule has 0 saturated carbocycles. The first-order chi connectivity index (χ1) is 8.26. The van der Waals surface area contributed by atoms with Crippen LogP contribution in [0.15, 0.2) is 12.1 Å². The molecule has 4 heteroatoms. The molecule has 0 unspecified atom stereocenters. The van der Waals surface area contributed by atoms with E-state index in [1.54, 1.807) is 21.3 Å². The van der Waals surface area contributed by atoms with Gasteiger partial charge in [-0.1, -0.05) is 0 Å². The minimum Gasteiger partial charge on any atom is -0.496 e. The minimum atomic E-state index is 0.466. The molecule has 0 aliphatic rings. The quantitative estimate of drug-likeness (QED) is 0.681. The maximum absolute atomic E-state index is 10.4. The number of carbonyl (C=O) groups excluding carboxylic acids is 1. The van der Waals surface area contributed by atoms with Gasteiger partial charge in [-0.05, 0) is 24.1 Å². The van der Waals surface area contributed by atoms with E-state index in [9.17, 15) is 4.79 Å². The van der Waals surface area contributed by atoms with E-state index in [0.717, 1.165) is 28.9 Å². The molecule has 94 valence electrons. The van der Waals surface area contributed by atoms with E-state index in [1.807, 2.05) is 12.1 Å². The largest absolute Gasteiger partial charge is 0.496 e. The molecule has 0 aliphatic heterocycles. The van der Waals surface area contributed by atoms with Gasteiger partial charge in [0.25, 0.3) is 0 Å². The topological polar surface area (TPSA) is 44.8 Å². The molecule has 1 aromatic rings. The molecule has 4 nitrogen and oxygen atoms in total. The first-order valence-electron chi connectivity index (χ1n) is 5.43. The standard InChI is InChI=1S/C13H18O4/c1-15-9-11-8-12(16-2)10(5-4-6-14)7-13(11)17-3/h6-8H,4-5,9H2,1-3H3. The van der Waals surface area contributed by atoms with Gasteiger partial charge in [-0.25, -0.2) is 0 Å². The zero-order valence-corrected chi connectivity index (χ0v) is 10.5. The van der Waals surface area contributed by atoms with E-state index in [-0.39, 0.29) is 0 Å². The third-order valence-corrected chi connectivity index (χ3v) is 2.51. The Balaban J connectivity index is 3.07. The Bertz CT molecular complexity index is 374. The minimum absolute atomic E-state index is 0.466. The summed E-state index contributed by atoms with van der Waals surface area (Å²) in [5.41, 5.74) is 1.90. The molecule has 0 aromatic heterocycles. The average Bonchev–Trinajstić information content (AvgIpc) is 2.36. The van der Waals surface area contributed by atoms with E-state index in [0.29, 0.717) is 19.4 Å². The van der Waals surface area contributed by atoms with Crippen LogP contribution >= 0.6 is 0 Å². The predicted molar refractivity (Wildman–Crippen MR) is 64.6 cm³/mol. The van der Waals surface area contributed by atoms with Gasteiger partial charge in [0.15, 0.2) is 0 Å². The number of methoxy groups -OCH3 is 3. The zero-order chi connectivity index (χ0) is 12.7. The number of aryl methyl sites for hydroxylation is 1. The van der Waals surface area contributed by atoms with E-state index in [4.69, 9.17) is 14.2 Å². The molecule has 1 rings (SSSR count). The lowest BCUT2D eigenvalue weighted by Crippen LogP contribution is -2.00. The van der Waals surface area contributed by atoms with Gasteiger partial charge in [0, 0.05) is 19.1 Å². The Labute approximate surface area is 101 Å². The summed E-state index contributed by atoms with van der Waals surface area (Å²) in [6, 6.07) is 3.79. The normalized spacial score (nSPS) is 10.1. The first kappa shape index (κ1) is 13.5. The number of hydrogen-bond donors (Lipinski definition) is 0. The van der Waals surface area contributed by atoms with Crippen LogP contribution in [0.1, 0.15) is 17.5 Å². The molecular formula is C13H18O4. The molecule has 17 heavy (non-hydrogen) atoms. The van der Waals surface area contributed by atoms with Crippen molar-refractivity contribution in [2.45, 2.75) is 19.4 Å². The Kier molecular flexibility index (Phi) is 5.49. The average molecular weight is 238 g/mol. The number of aldehydes is 1. The maximum Gasteiger partial charge on any atom is 0.124 e. The van der Waals surface area contributed by atoms with Gasteiger partial charge in [-0.3, -0.25) is 0 Å². The van der Waals surface area contributed by atoms with Crippen LogP contribution in [0.3, 0.4) is 0 Å². The van der Waals surface area contributed by atoms with Gasteiger partial charge < -0.3 is 19.0 Å². The van der Waals surface area contributed by atoms with Crippen LogP contribution in [-0.4, -0.2) is 27.6 Å². The van der Waals surface area contributed by atoms with Gasteiger partial charge in [-0.2, -0.15) is 0 Å². The molecule has 0 atom stereocenters. The van der Waals surface area contributed by atoms with Crippen LogP contribution in [-0.2, 0) is 22.6 Å². The van der Waals surface area contributed by atoms with Crippen LogP contribution < -0.4 is 9.47 Å². The van der Waals surface area contributed by atoms with Gasteiger partial charge in [0.05, 0.1) is 20.8 Å². The molecule has 1 aromatic carbocycles. The van der Waals surface area contributed by atoms with Crippen molar-refractivity contribution in [3.05, 3.63) is 23.3 Å². The Morgan fingerprint density at radius 2 is 1.65 bits per heavy atom. The van der Waals surface area contributed by atoms with Gasteiger partial charge >= 0.3 is 0 Å². The van der Waals surface area contributed by atoms with Crippen LogP contribution in [0.25, 0.3) is 0 Å². The van der Waals surface area contributed by atoms with Crippen molar-refractivity contribution in [2.75, 3.05) is 21.3 Å². The number of rotatable bonds is 7. The van der Waals surface area contributed by atoms with Crippen LogP contribution in [0.2, 0.25) is 0 Å². The van der Waals surface area contributed by atoms with Gasteiger partial charge in [0.2, 0.25) is 0 Å². The van der Waals surface area contributed by atoms with Crippen molar-refractivity contribution in [3.8, 4) is 11.5 Å². The number of hydrogen-bond acceptors (Lipinski definition) is 4. The fourth-order valence-electron chi connectivity index (χ4n) is 1.70. The summed E-state index contributed by atoms with van der Waals surface area (Å²) in [5.74, 6) is 1.52. The summed E-state index contributed by atoms with van der Waals surface area (Å²) < 4.78 is 15.7. The summed E-state index contributed by atoms with van der Waals surface area (Å²) in [6.07, 6.45) is 2.02. The molecule has 0 bridgehead atoms. The molecule has 0 amide bonds. The second-order valence-corrected chi connectivity index (χ2v) is 3.61. The molecule has 0 radical (unpaired) electrons. The highest BCUT2D eigenvalue weighted by Gasteiger charge is 2.10. The fraction of sp³-hybridized carbons (Fsp3) is 0.462. The summed E-state index contributed by atoms with van der Waals surface area (Å²) in [5, 5.41) is 0. The first-order valence-corrected chi connectivity index (χ1v) is 5.43. The summed E-state index contributed by atoms with van der Waals surface area (Å²) in [4.78, 5) is 10.4. The van der Waals surface area contributed by atoms with Crippen molar-refractivity contribution in [1.82, 2.24) is 0 Å². The summed E-state index contributed by atoms with van der Waals surface area (Å²) in [7, 11) is 4.86. The lowest BCUT2D eigenvalue weighted by Gasteiger charge is -2.14. The SMILES string of the molecule is COCc1cc(OC)c(CCC=O)cc1OC. The highest BCUT2D eigenvalue weighted by Crippen LogP contribution is 2.30. The molecule has 0 spiro atoms. The summed E-state index contributed by atoms with van der Waals surface area (Å²) in [6.45, 7) is 0.466. The molecule has 0 N–H and O–H groups in total. The highest BCUT2D eigenvalue weighted by molar-refractivity contribution is 5.52. The molecule has 0 saturated heterocycles. The van der Waals surface area contributed by atoms with E-state index < -0.39 is 0 Å². The van der Waals surface area contributed by atoms with Gasteiger partial charge in [0.1, 0.15) is 17.8 Å². The lowest BCUT2D eigenvalue weighted by molar-refractivity contribution is -0.107. The van der Waals surface area contributed by atoms with Crippen LogP contribution in [0, 0.1) is 0 Å².